The van der Waals surface area contributed by atoms with Crippen molar-refractivity contribution in [3.05, 3.63) is 18.2 Å². The summed E-state index contributed by atoms with van der Waals surface area (Å²) >= 11 is 0. The third-order valence-electron chi connectivity index (χ3n) is 2.50. The maximum Gasteiger partial charge on any atom is 0.312 e. The number of hydrogen-bond donors (Lipinski definition) is 4. The monoisotopic (exact) mass is 253 g/mol. The highest BCUT2D eigenvalue weighted by Crippen LogP contribution is 2.01. The number of carbonyl (C=O) groups is 2. The van der Waals surface area contributed by atoms with Crippen molar-refractivity contribution in [3.8, 4) is 0 Å². The fraction of sp³-hybridized carbons (Fsp3) is 0.545. The number of rotatable bonds is 6. The summed E-state index contributed by atoms with van der Waals surface area (Å²) in [7, 11) is 0. The molecule has 3 amide bonds. The van der Waals surface area contributed by atoms with E-state index in [-0.39, 0.29) is 11.8 Å². The van der Waals surface area contributed by atoms with Crippen molar-refractivity contribution in [2.24, 2.45) is 11.7 Å². The predicted octanol–water partition coefficient (Wildman–Crippen LogP) is -0.239. The number of nitrogens with two attached hydrogens (primary N) is 1. The van der Waals surface area contributed by atoms with Crippen LogP contribution in [0.25, 0.3) is 0 Å². The molecule has 100 valence electrons. The summed E-state index contributed by atoms with van der Waals surface area (Å²) < 4.78 is 0. The highest BCUT2D eigenvalue weighted by atomic mass is 16.2. The molecule has 1 aromatic heterocycles. The normalized spacial score (nSPS) is 12.2. The maximum absolute atomic E-state index is 11.8. The second kappa shape index (κ2) is 6.63. The SMILES string of the molecule is CC(C)C(NC(N)=O)C(=O)NCCc1cnc[nH]1. The van der Waals surface area contributed by atoms with Gasteiger partial charge in [-0.15, -0.1) is 0 Å². The highest BCUT2D eigenvalue weighted by molar-refractivity contribution is 5.86. The van der Waals surface area contributed by atoms with Crippen LogP contribution in [0.4, 0.5) is 4.79 Å². The van der Waals surface area contributed by atoms with Crippen molar-refractivity contribution >= 4 is 11.9 Å². The molecule has 1 heterocycles. The Morgan fingerprint density at radius 2 is 2.22 bits per heavy atom. The molecule has 7 heteroatoms. The van der Waals surface area contributed by atoms with Crippen molar-refractivity contribution in [2.45, 2.75) is 26.3 Å². The van der Waals surface area contributed by atoms with Crippen LogP contribution in [0.15, 0.2) is 12.5 Å². The molecule has 1 atom stereocenters. The largest absolute Gasteiger partial charge is 0.354 e. The molecular formula is C11H19N5O2. The summed E-state index contributed by atoms with van der Waals surface area (Å²) in [5.74, 6) is -0.257. The van der Waals surface area contributed by atoms with E-state index in [0.717, 1.165) is 5.69 Å². The van der Waals surface area contributed by atoms with Crippen molar-refractivity contribution in [2.75, 3.05) is 6.54 Å². The molecule has 18 heavy (non-hydrogen) atoms. The number of H-pyrrole nitrogens is 1. The molecule has 0 aliphatic rings. The lowest BCUT2D eigenvalue weighted by molar-refractivity contribution is -0.123. The van der Waals surface area contributed by atoms with E-state index in [4.69, 9.17) is 5.73 Å². The molecule has 0 bridgehead atoms. The van der Waals surface area contributed by atoms with Gasteiger partial charge in [-0.25, -0.2) is 9.78 Å². The smallest absolute Gasteiger partial charge is 0.312 e. The summed E-state index contributed by atoms with van der Waals surface area (Å²) in [5, 5.41) is 5.18. The zero-order chi connectivity index (χ0) is 13.5. The lowest BCUT2D eigenvalue weighted by Gasteiger charge is -2.20. The van der Waals surface area contributed by atoms with Crippen molar-refractivity contribution in [1.82, 2.24) is 20.6 Å². The van der Waals surface area contributed by atoms with E-state index in [2.05, 4.69) is 20.6 Å². The van der Waals surface area contributed by atoms with Gasteiger partial charge in [-0.3, -0.25) is 4.79 Å². The van der Waals surface area contributed by atoms with Gasteiger partial charge >= 0.3 is 6.03 Å². The molecule has 1 rings (SSSR count). The topological polar surface area (TPSA) is 113 Å². The number of carbonyl (C=O) groups excluding carboxylic acids is 2. The van der Waals surface area contributed by atoms with Crippen molar-refractivity contribution in [1.29, 1.82) is 0 Å². The summed E-state index contributed by atoms with van der Waals surface area (Å²) in [5.41, 5.74) is 5.98. The fourth-order valence-electron chi connectivity index (χ4n) is 1.54. The zero-order valence-electron chi connectivity index (χ0n) is 10.6. The first-order chi connectivity index (χ1) is 8.50. The number of imidazole rings is 1. The van der Waals surface area contributed by atoms with Gasteiger partial charge in [0.1, 0.15) is 6.04 Å². The molecule has 0 saturated carbocycles. The molecule has 0 aromatic carbocycles. The van der Waals surface area contributed by atoms with Crippen LogP contribution in [0.3, 0.4) is 0 Å². The van der Waals surface area contributed by atoms with E-state index >= 15 is 0 Å². The van der Waals surface area contributed by atoms with Crippen LogP contribution in [0.1, 0.15) is 19.5 Å². The Bertz CT molecular complexity index is 388. The lowest BCUT2D eigenvalue weighted by Crippen LogP contribution is -2.51. The second-order valence-electron chi connectivity index (χ2n) is 4.35. The summed E-state index contributed by atoms with van der Waals surface area (Å²) in [4.78, 5) is 29.5. The molecule has 0 saturated heterocycles. The Balaban J connectivity index is 2.39. The van der Waals surface area contributed by atoms with E-state index in [0.29, 0.717) is 13.0 Å². The first-order valence-electron chi connectivity index (χ1n) is 5.81. The maximum atomic E-state index is 11.8. The number of aromatic nitrogens is 2. The average molecular weight is 253 g/mol. The minimum Gasteiger partial charge on any atom is -0.354 e. The van der Waals surface area contributed by atoms with Gasteiger partial charge in [0.15, 0.2) is 0 Å². The van der Waals surface area contributed by atoms with Crippen molar-refractivity contribution < 1.29 is 9.59 Å². The van der Waals surface area contributed by atoms with Crippen LogP contribution < -0.4 is 16.4 Å². The van der Waals surface area contributed by atoms with Crippen molar-refractivity contribution in [3.63, 3.8) is 0 Å². The van der Waals surface area contributed by atoms with Gasteiger partial charge in [0, 0.05) is 24.9 Å². The average Bonchev–Trinajstić information content (AvgIpc) is 2.78. The second-order valence-corrected chi connectivity index (χ2v) is 4.35. The van der Waals surface area contributed by atoms with Crippen LogP contribution in [0.2, 0.25) is 0 Å². The van der Waals surface area contributed by atoms with Gasteiger partial charge in [0.05, 0.1) is 6.33 Å². The van der Waals surface area contributed by atoms with Crippen LogP contribution in [0, 0.1) is 5.92 Å². The third kappa shape index (κ3) is 4.44. The van der Waals surface area contributed by atoms with E-state index in [9.17, 15) is 9.59 Å². The molecule has 5 N–H and O–H groups in total. The molecule has 7 nitrogen and oxygen atoms in total. The fourth-order valence-corrected chi connectivity index (χ4v) is 1.54. The minimum absolute atomic E-state index is 0.0235. The lowest BCUT2D eigenvalue weighted by atomic mass is 10.0. The Morgan fingerprint density at radius 3 is 2.72 bits per heavy atom. The number of nitrogens with one attached hydrogen (secondary N) is 3. The molecule has 0 fully saturated rings. The first kappa shape index (κ1) is 14.0. The molecule has 0 aliphatic carbocycles. The summed E-state index contributed by atoms with van der Waals surface area (Å²) in [6.45, 7) is 4.16. The highest BCUT2D eigenvalue weighted by Gasteiger charge is 2.22. The van der Waals surface area contributed by atoms with Gasteiger partial charge in [-0.1, -0.05) is 13.8 Å². The van der Waals surface area contributed by atoms with E-state index in [1.807, 2.05) is 13.8 Å². The Labute approximate surface area is 106 Å². The Morgan fingerprint density at radius 1 is 1.50 bits per heavy atom. The number of nitrogens with zero attached hydrogens (tertiary/aromatic N) is 1. The van der Waals surface area contributed by atoms with Gasteiger partial charge in [-0.2, -0.15) is 0 Å². The number of urea groups is 1. The number of hydrogen-bond acceptors (Lipinski definition) is 3. The zero-order valence-corrected chi connectivity index (χ0v) is 10.6. The summed E-state index contributed by atoms with van der Waals surface area (Å²) in [6.07, 6.45) is 3.95. The van der Waals surface area contributed by atoms with Gasteiger partial charge in [0.25, 0.3) is 0 Å². The molecule has 0 radical (unpaired) electrons. The first-order valence-corrected chi connectivity index (χ1v) is 5.81. The minimum atomic E-state index is -0.697. The molecule has 0 aliphatic heterocycles. The van der Waals surface area contributed by atoms with Gasteiger partial charge < -0.3 is 21.4 Å². The summed E-state index contributed by atoms with van der Waals surface area (Å²) in [6, 6.07) is -1.30. The molecule has 1 unspecified atom stereocenters. The number of primary amides is 1. The van der Waals surface area contributed by atoms with Crippen LogP contribution >= 0.6 is 0 Å². The van der Waals surface area contributed by atoms with Gasteiger partial charge in [-0.05, 0) is 5.92 Å². The van der Waals surface area contributed by atoms with Crippen LogP contribution in [-0.2, 0) is 11.2 Å². The van der Waals surface area contributed by atoms with Crippen LogP contribution in [-0.4, -0.2) is 34.5 Å². The quantitative estimate of drug-likeness (QED) is 0.561. The number of aromatic amines is 1. The third-order valence-corrected chi connectivity index (χ3v) is 2.50. The van der Waals surface area contributed by atoms with E-state index in [1.165, 1.54) is 0 Å². The molecular weight excluding hydrogens is 234 g/mol. The Kier molecular flexibility index (Phi) is 5.16. The van der Waals surface area contributed by atoms with E-state index < -0.39 is 12.1 Å². The predicted molar refractivity (Wildman–Crippen MR) is 66.6 cm³/mol. The standard InChI is InChI=1S/C11H19N5O2/c1-7(2)9(16-11(12)18)10(17)14-4-3-8-5-13-6-15-8/h5-7,9H,3-4H2,1-2H3,(H,13,15)(H,14,17)(H3,12,16,18). The molecule has 0 spiro atoms. The Hall–Kier alpha value is -2.05. The number of amides is 3. The van der Waals surface area contributed by atoms with Crippen LogP contribution in [0.5, 0.6) is 0 Å². The van der Waals surface area contributed by atoms with Gasteiger partial charge in [0.2, 0.25) is 5.91 Å². The van der Waals surface area contributed by atoms with E-state index in [1.54, 1.807) is 12.5 Å². The molecule has 1 aromatic rings.